The first-order valence-electron chi connectivity index (χ1n) is 8.47. The van der Waals surface area contributed by atoms with Gasteiger partial charge in [0.1, 0.15) is 6.35 Å². The largest absolute Gasteiger partial charge is 0.369 e. The maximum absolute atomic E-state index is 12.9. The number of hydrogen-bond acceptors (Lipinski definition) is 8. The van der Waals surface area contributed by atoms with Crippen LogP contribution in [-0.4, -0.2) is 50.1 Å². The molecule has 10 nitrogen and oxygen atoms in total. The number of alkyl halides is 1. The maximum Gasteiger partial charge on any atom is 0.356 e. The summed E-state index contributed by atoms with van der Waals surface area (Å²) in [6.45, 7) is 7.29. The first-order chi connectivity index (χ1) is 12.6. The van der Waals surface area contributed by atoms with Crippen LogP contribution in [0.2, 0.25) is 0 Å². The number of rotatable bonds is 10. The van der Waals surface area contributed by atoms with Gasteiger partial charge >= 0.3 is 7.60 Å². The molecule has 0 bridgehead atoms. The van der Waals surface area contributed by atoms with Crippen LogP contribution in [0.3, 0.4) is 0 Å². The van der Waals surface area contributed by atoms with E-state index in [0.717, 1.165) is 0 Å². The molecule has 2 aromatic heterocycles. The smallest absolute Gasteiger partial charge is 0.356 e. The molecule has 0 spiro atoms. The summed E-state index contributed by atoms with van der Waals surface area (Å²) in [6, 6.07) is 0. The van der Waals surface area contributed by atoms with Crippen LogP contribution >= 0.6 is 19.2 Å². The zero-order valence-electron chi connectivity index (χ0n) is 15.7. The zero-order valence-corrected chi connectivity index (χ0v) is 17.4. The fourth-order valence-electron chi connectivity index (χ4n) is 2.39. The molecule has 0 fully saturated rings. The molecule has 2 rings (SSSR count). The standard InChI is InChI=1S/C15H25ClN5O5P/c1-9(2)25-27(23,26-10(3)4)8-24-11(5-16)6-21-7-18-12-13(21)19-15(17)20-14(12)22/h7,9-11H,5-6,8H2,1-4H3,(H3,17,19,20,22)/t11-/m1/s1. The van der Waals surface area contributed by atoms with Crippen molar-refractivity contribution in [3.05, 3.63) is 16.7 Å². The summed E-state index contributed by atoms with van der Waals surface area (Å²) < 4.78 is 31.1. The van der Waals surface area contributed by atoms with Crippen LogP contribution in [0, 0.1) is 0 Å². The number of H-pyrrole nitrogens is 1. The van der Waals surface area contributed by atoms with Gasteiger partial charge in [-0.2, -0.15) is 4.98 Å². The van der Waals surface area contributed by atoms with Crippen molar-refractivity contribution in [3.8, 4) is 0 Å². The molecule has 3 N–H and O–H groups in total. The summed E-state index contributed by atoms with van der Waals surface area (Å²) in [4.78, 5) is 22.4. The molecule has 1 atom stereocenters. The quantitative estimate of drug-likeness (QED) is 0.441. The highest BCUT2D eigenvalue weighted by atomic mass is 35.5. The van der Waals surface area contributed by atoms with E-state index in [0.29, 0.717) is 5.65 Å². The molecule has 0 saturated carbocycles. The van der Waals surface area contributed by atoms with Gasteiger partial charge in [-0.15, -0.1) is 11.6 Å². The van der Waals surface area contributed by atoms with E-state index in [4.69, 9.17) is 31.1 Å². The van der Waals surface area contributed by atoms with Gasteiger partial charge in [-0.25, -0.2) is 4.98 Å². The summed E-state index contributed by atoms with van der Waals surface area (Å²) in [7, 11) is -3.45. The number of imidazole rings is 1. The fourth-order valence-corrected chi connectivity index (χ4v) is 4.43. The normalized spacial score (nSPS) is 13.7. The van der Waals surface area contributed by atoms with Gasteiger partial charge in [0.2, 0.25) is 5.95 Å². The molecule has 0 aromatic carbocycles. The highest BCUT2D eigenvalue weighted by molar-refractivity contribution is 7.53. The minimum atomic E-state index is -3.45. The first-order valence-corrected chi connectivity index (χ1v) is 10.7. The fraction of sp³-hybridized carbons (Fsp3) is 0.667. The molecular weight excluding hydrogens is 397 g/mol. The summed E-state index contributed by atoms with van der Waals surface area (Å²) in [5, 5.41) is 0. The number of aromatic amines is 1. The van der Waals surface area contributed by atoms with E-state index in [9.17, 15) is 9.36 Å². The molecule has 2 heterocycles. The van der Waals surface area contributed by atoms with Crippen molar-refractivity contribution >= 4 is 36.3 Å². The molecule has 0 unspecified atom stereocenters. The van der Waals surface area contributed by atoms with Crippen molar-refractivity contribution in [2.45, 2.75) is 52.6 Å². The van der Waals surface area contributed by atoms with Gasteiger partial charge in [0.25, 0.3) is 5.56 Å². The lowest BCUT2D eigenvalue weighted by Gasteiger charge is -2.24. The van der Waals surface area contributed by atoms with Gasteiger partial charge in [-0.1, -0.05) is 0 Å². The summed E-state index contributed by atoms with van der Waals surface area (Å²) in [5.41, 5.74) is 5.64. The maximum atomic E-state index is 12.9. The van der Waals surface area contributed by atoms with Gasteiger partial charge in [0.05, 0.1) is 37.1 Å². The molecule has 27 heavy (non-hydrogen) atoms. The van der Waals surface area contributed by atoms with E-state index < -0.39 is 19.3 Å². The average molecular weight is 422 g/mol. The Kier molecular flexibility index (Phi) is 7.41. The molecular formula is C15H25ClN5O5P. The Labute approximate surface area is 161 Å². The number of nitrogens with one attached hydrogen (secondary N) is 1. The summed E-state index contributed by atoms with van der Waals surface area (Å²) in [5.74, 6) is 0.0968. The molecule has 0 saturated heterocycles. The van der Waals surface area contributed by atoms with E-state index in [-0.39, 0.29) is 42.4 Å². The highest BCUT2D eigenvalue weighted by Crippen LogP contribution is 2.50. The van der Waals surface area contributed by atoms with E-state index >= 15 is 0 Å². The van der Waals surface area contributed by atoms with Crippen LogP contribution in [0.5, 0.6) is 0 Å². The second kappa shape index (κ2) is 9.16. The van der Waals surface area contributed by atoms with Crippen LogP contribution in [0.25, 0.3) is 11.2 Å². The number of hydrogen-bond donors (Lipinski definition) is 2. The highest BCUT2D eigenvalue weighted by Gasteiger charge is 2.29. The number of nitrogens with two attached hydrogens (primary N) is 1. The predicted octanol–water partition coefficient (Wildman–Crippen LogP) is 2.33. The summed E-state index contributed by atoms with van der Waals surface area (Å²) in [6.07, 6.45) is 0.0904. The lowest BCUT2D eigenvalue weighted by molar-refractivity contribution is 0.0566. The lowest BCUT2D eigenvalue weighted by Crippen LogP contribution is -2.24. The summed E-state index contributed by atoms with van der Waals surface area (Å²) >= 11 is 6.00. The van der Waals surface area contributed by atoms with Gasteiger partial charge < -0.3 is 24.1 Å². The number of nitrogen functional groups attached to an aromatic ring is 1. The number of halogens is 1. The zero-order chi connectivity index (χ0) is 20.2. The first kappa shape index (κ1) is 21.8. The molecule has 0 aliphatic rings. The van der Waals surface area contributed by atoms with E-state index in [2.05, 4.69) is 15.0 Å². The Balaban J connectivity index is 2.13. The van der Waals surface area contributed by atoms with Gasteiger partial charge in [0.15, 0.2) is 11.2 Å². The number of ether oxygens (including phenoxy) is 1. The topological polar surface area (TPSA) is 134 Å². The molecule has 0 radical (unpaired) electrons. The van der Waals surface area contributed by atoms with Crippen molar-refractivity contribution in [2.24, 2.45) is 0 Å². The van der Waals surface area contributed by atoms with E-state index in [1.54, 1.807) is 32.3 Å². The van der Waals surface area contributed by atoms with Crippen molar-refractivity contribution in [1.29, 1.82) is 0 Å². The second-order valence-corrected chi connectivity index (χ2v) is 8.72. The monoisotopic (exact) mass is 421 g/mol. The van der Waals surface area contributed by atoms with Gasteiger partial charge in [0, 0.05) is 0 Å². The minimum Gasteiger partial charge on any atom is -0.369 e. The molecule has 0 aliphatic carbocycles. The average Bonchev–Trinajstić information content (AvgIpc) is 2.92. The molecule has 12 heteroatoms. The van der Waals surface area contributed by atoms with E-state index in [1.165, 1.54) is 6.33 Å². The van der Waals surface area contributed by atoms with E-state index in [1.807, 2.05) is 0 Å². The Hall–Kier alpha value is -1.45. The van der Waals surface area contributed by atoms with Crippen molar-refractivity contribution in [1.82, 2.24) is 19.5 Å². The third-order valence-corrected chi connectivity index (χ3v) is 5.57. The number of fused-ring (bicyclic) bond motifs is 1. The third kappa shape index (κ3) is 6.02. The predicted molar refractivity (Wildman–Crippen MR) is 103 cm³/mol. The SMILES string of the molecule is CC(C)OP(=O)(CO[C@H](CCl)Cn1cnc2c(=O)[nH]c(N)nc21)OC(C)C. The van der Waals surface area contributed by atoms with Crippen LogP contribution in [0.15, 0.2) is 11.1 Å². The Bertz CT molecular complexity index is 854. The lowest BCUT2D eigenvalue weighted by atomic mass is 10.4. The Morgan fingerprint density at radius 1 is 1.30 bits per heavy atom. The number of nitrogens with zero attached hydrogens (tertiary/aromatic N) is 3. The minimum absolute atomic E-state index is 0.0160. The molecule has 152 valence electrons. The molecule has 2 aromatic rings. The second-order valence-electron chi connectivity index (χ2n) is 6.51. The van der Waals surface area contributed by atoms with Crippen LogP contribution in [0.1, 0.15) is 27.7 Å². The van der Waals surface area contributed by atoms with Gasteiger partial charge in [-0.05, 0) is 27.7 Å². The van der Waals surface area contributed by atoms with Crippen LogP contribution in [-0.2, 0) is 24.9 Å². The number of anilines is 1. The Morgan fingerprint density at radius 2 is 1.93 bits per heavy atom. The van der Waals surface area contributed by atoms with Crippen molar-refractivity contribution in [2.75, 3.05) is 18.0 Å². The van der Waals surface area contributed by atoms with Crippen LogP contribution < -0.4 is 11.3 Å². The van der Waals surface area contributed by atoms with Crippen molar-refractivity contribution in [3.63, 3.8) is 0 Å². The molecule has 0 aliphatic heterocycles. The Morgan fingerprint density at radius 3 is 2.48 bits per heavy atom. The van der Waals surface area contributed by atoms with Crippen LogP contribution in [0.4, 0.5) is 5.95 Å². The molecule has 0 amide bonds. The van der Waals surface area contributed by atoms with Crippen molar-refractivity contribution < 1.29 is 18.3 Å². The number of aromatic nitrogens is 4. The third-order valence-electron chi connectivity index (χ3n) is 3.28. The van der Waals surface area contributed by atoms with Gasteiger partial charge in [-0.3, -0.25) is 14.3 Å².